The van der Waals surface area contributed by atoms with Crippen molar-refractivity contribution in [3.05, 3.63) is 34.2 Å². The lowest BCUT2D eigenvalue weighted by atomic mass is 10.2. The van der Waals surface area contributed by atoms with E-state index in [0.29, 0.717) is 4.47 Å². The van der Waals surface area contributed by atoms with Gasteiger partial charge in [0.05, 0.1) is 4.47 Å². The molecule has 15 heavy (non-hydrogen) atoms. The van der Waals surface area contributed by atoms with Gasteiger partial charge in [-0.25, -0.2) is 4.39 Å². The van der Waals surface area contributed by atoms with E-state index in [1.807, 2.05) is 13.1 Å². The van der Waals surface area contributed by atoms with Crippen molar-refractivity contribution in [2.75, 3.05) is 6.54 Å². The van der Waals surface area contributed by atoms with Gasteiger partial charge >= 0.3 is 0 Å². The molecular formula is C11H10BrFN2. The van der Waals surface area contributed by atoms with Crippen molar-refractivity contribution in [3.8, 4) is 0 Å². The zero-order chi connectivity index (χ0) is 10.8. The lowest BCUT2D eigenvalue weighted by molar-refractivity contribution is 0.623. The fourth-order valence-corrected chi connectivity index (χ4v) is 1.78. The first kappa shape index (κ1) is 10.4. The van der Waals surface area contributed by atoms with Gasteiger partial charge < -0.3 is 4.98 Å². The summed E-state index contributed by atoms with van der Waals surface area (Å²) in [5.74, 6) is -0.256. The van der Waals surface area contributed by atoms with Crippen LogP contribution in [0.3, 0.4) is 0 Å². The Bertz CT molecular complexity index is 517. The maximum absolute atomic E-state index is 13.3. The van der Waals surface area contributed by atoms with E-state index in [1.54, 1.807) is 12.3 Å². The number of nitrogens with zero attached hydrogens (tertiary/aromatic N) is 1. The zero-order valence-corrected chi connectivity index (χ0v) is 9.81. The average Bonchev–Trinajstić information content (AvgIpc) is 2.59. The monoisotopic (exact) mass is 268 g/mol. The smallest absolute Gasteiger partial charge is 0.138 e. The number of H-pyrrole nitrogens is 1. The van der Waals surface area contributed by atoms with Crippen molar-refractivity contribution in [2.45, 2.75) is 6.92 Å². The van der Waals surface area contributed by atoms with Crippen LogP contribution in [0.25, 0.3) is 10.9 Å². The first-order valence-electron chi connectivity index (χ1n) is 4.68. The Kier molecular flexibility index (Phi) is 2.86. The molecule has 2 nitrogen and oxygen atoms in total. The number of nitrogens with one attached hydrogen (secondary N) is 1. The molecule has 2 aromatic rings. The SMILES string of the molecule is CC/N=C/c1c[nH]c2cc(Br)c(F)cc12. The molecule has 0 bridgehead atoms. The highest BCUT2D eigenvalue weighted by molar-refractivity contribution is 9.10. The van der Waals surface area contributed by atoms with Crippen LogP contribution in [0.2, 0.25) is 0 Å². The van der Waals surface area contributed by atoms with Gasteiger partial charge in [0, 0.05) is 35.4 Å². The summed E-state index contributed by atoms with van der Waals surface area (Å²) in [6, 6.07) is 3.24. The molecule has 0 amide bonds. The van der Waals surface area contributed by atoms with Crippen LogP contribution in [0.4, 0.5) is 4.39 Å². The quantitative estimate of drug-likeness (QED) is 0.808. The highest BCUT2D eigenvalue weighted by Crippen LogP contribution is 2.24. The van der Waals surface area contributed by atoms with E-state index in [9.17, 15) is 4.39 Å². The second-order valence-electron chi connectivity index (χ2n) is 3.18. The number of benzene rings is 1. The molecule has 1 aromatic heterocycles. The third kappa shape index (κ3) is 1.95. The van der Waals surface area contributed by atoms with Gasteiger partial charge in [0.25, 0.3) is 0 Å². The van der Waals surface area contributed by atoms with E-state index in [4.69, 9.17) is 0 Å². The van der Waals surface area contributed by atoms with E-state index in [2.05, 4.69) is 25.9 Å². The molecule has 2 rings (SSSR count). The summed E-state index contributed by atoms with van der Waals surface area (Å²) in [5, 5.41) is 0.855. The van der Waals surface area contributed by atoms with Crippen LogP contribution in [0.1, 0.15) is 12.5 Å². The summed E-state index contributed by atoms with van der Waals surface area (Å²) >= 11 is 3.15. The third-order valence-electron chi connectivity index (χ3n) is 2.17. The van der Waals surface area contributed by atoms with E-state index in [1.165, 1.54) is 6.07 Å². The normalized spacial score (nSPS) is 11.7. The van der Waals surface area contributed by atoms with Gasteiger partial charge in [-0.15, -0.1) is 0 Å². The molecule has 1 heterocycles. The highest BCUT2D eigenvalue weighted by Gasteiger charge is 2.06. The zero-order valence-electron chi connectivity index (χ0n) is 8.22. The molecule has 0 atom stereocenters. The minimum Gasteiger partial charge on any atom is -0.360 e. The minimum absolute atomic E-state index is 0.256. The minimum atomic E-state index is -0.256. The van der Waals surface area contributed by atoms with Gasteiger partial charge in [-0.05, 0) is 35.0 Å². The van der Waals surface area contributed by atoms with Crippen LogP contribution in [0.5, 0.6) is 0 Å². The summed E-state index contributed by atoms with van der Waals surface area (Å²) < 4.78 is 13.8. The number of hydrogen-bond donors (Lipinski definition) is 1. The summed E-state index contributed by atoms with van der Waals surface area (Å²) in [6.07, 6.45) is 3.59. The van der Waals surface area contributed by atoms with Crippen molar-refractivity contribution in [1.82, 2.24) is 4.98 Å². The molecule has 0 radical (unpaired) electrons. The van der Waals surface area contributed by atoms with E-state index >= 15 is 0 Å². The molecule has 1 N–H and O–H groups in total. The molecule has 0 fully saturated rings. The molecule has 0 saturated heterocycles. The van der Waals surface area contributed by atoms with Gasteiger partial charge in [0.2, 0.25) is 0 Å². The standard InChI is InChI=1S/C11H10BrFN2/c1-2-14-5-7-6-15-11-4-9(12)10(13)3-8(7)11/h3-6,15H,2H2,1H3/b14-5+. The molecule has 0 aliphatic rings. The maximum atomic E-state index is 13.3. The molecule has 0 saturated carbocycles. The Labute approximate surface area is 95.3 Å². The van der Waals surface area contributed by atoms with Crippen LogP contribution < -0.4 is 0 Å². The molecule has 0 spiro atoms. The van der Waals surface area contributed by atoms with Crippen molar-refractivity contribution in [2.24, 2.45) is 4.99 Å². The van der Waals surface area contributed by atoms with Crippen LogP contribution in [0, 0.1) is 5.82 Å². The van der Waals surface area contributed by atoms with Crippen LogP contribution in [0.15, 0.2) is 27.8 Å². The molecule has 1 aromatic carbocycles. The van der Waals surface area contributed by atoms with Gasteiger partial charge in [-0.2, -0.15) is 0 Å². The summed E-state index contributed by atoms with van der Waals surface area (Å²) in [4.78, 5) is 7.21. The molecule has 0 aliphatic carbocycles. The number of hydrogen-bond acceptors (Lipinski definition) is 1. The van der Waals surface area contributed by atoms with Crippen molar-refractivity contribution < 1.29 is 4.39 Å². The second kappa shape index (κ2) is 4.14. The van der Waals surface area contributed by atoms with Gasteiger partial charge in [0.1, 0.15) is 5.82 Å². The predicted octanol–water partition coefficient (Wildman–Crippen LogP) is 3.51. The Morgan fingerprint density at radius 2 is 2.33 bits per heavy atom. The number of halogens is 2. The number of aromatic nitrogens is 1. The Balaban J connectivity index is 2.59. The molecule has 4 heteroatoms. The maximum Gasteiger partial charge on any atom is 0.138 e. The fourth-order valence-electron chi connectivity index (χ4n) is 1.43. The predicted molar refractivity (Wildman–Crippen MR) is 64.1 cm³/mol. The molecule has 78 valence electrons. The first-order chi connectivity index (χ1) is 7.22. The van der Waals surface area contributed by atoms with Gasteiger partial charge in [0.15, 0.2) is 0 Å². The summed E-state index contributed by atoms with van der Waals surface area (Å²) in [5.41, 5.74) is 1.82. The Morgan fingerprint density at radius 1 is 1.53 bits per heavy atom. The number of rotatable bonds is 2. The summed E-state index contributed by atoms with van der Waals surface area (Å²) in [7, 11) is 0. The lowest BCUT2D eigenvalue weighted by Gasteiger charge is -1.95. The largest absolute Gasteiger partial charge is 0.360 e. The Morgan fingerprint density at radius 3 is 3.07 bits per heavy atom. The average molecular weight is 269 g/mol. The van der Waals surface area contributed by atoms with Crippen LogP contribution >= 0.6 is 15.9 Å². The van der Waals surface area contributed by atoms with Gasteiger partial charge in [-0.1, -0.05) is 0 Å². The number of fused-ring (bicyclic) bond motifs is 1. The Hall–Kier alpha value is -1.16. The van der Waals surface area contributed by atoms with Gasteiger partial charge in [-0.3, -0.25) is 4.99 Å². The third-order valence-corrected chi connectivity index (χ3v) is 2.78. The topological polar surface area (TPSA) is 28.1 Å². The molecule has 0 aliphatic heterocycles. The van der Waals surface area contributed by atoms with E-state index in [-0.39, 0.29) is 5.82 Å². The van der Waals surface area contributed by atoms with Crippen molar-refractivity contribution in [1.29, 1.82) is 0 Å². The lowest BCUT2D eigenvalue weighted by Crippen LogP contribution is -1.81. The van der Waals surface area contributed by atoms with E-state index < -0.39 is 0 Å². The molecular weight excluding hydrogens is 259 g/mol. The number of aromatic amines is 1. The molecule has 0 unspecified atom stereocenters. The van der Waals surface area contributed by atoms with E-state index in [0.717, 1.165) is 23.0 Å². The summed E-state index contributed by atoms with van der Waals surface area (Å²) in [6.45, 7) is 2.69. The van der Waals surface area contributed by atoms with Crippen LogP contribution in [-0.4, -0.2) is 17.7 Å². The van der Waals surface area contributed by atoms with Crippen molar-refractivity contribution >= 4 is 33.0 Å². The highest BCUT2D eigenvalue weighted by atomic mass is 79.9. The van der Waals surface area contributed by atoms with Crippen LogP contribution in [-0.2, 0) is 0 Å². The fraction of sp³-hybridized carbons (Fsp3) is 0.182. The first-order valence-corrected chi connectivity index (χ1v) is 5.47. The van der Waals surface area contributed by atoms with Crippen molar-refractivity contribution in [3.63, 3.8) is 0 Å². The number of aliphatic imine (C=N–C) groups is 1. The second-order valence-corrected chi connectivity index (χ2v) is 4.04.